The number of carbonyl (C=O) groups is 1. The topological polar surface area (TPSA) is 55.3 Å². The van der Waals surface area contributed by atoms with Crippen LogP contribution in [0.4, 0.5) is 5.13 Å². The lowest BCUT2D eigenvalue weighted by Crippen LogP contribution is -2.32. The van der Waals surface area contributed by atoms with Crippen LogP contribution in [0.15, 0.2) is 61.2 Å². The fourth-order valence-electron chi connectivity index (χ4n) is 2.67. The van der Waals surface area contributed by atoms with Crippen LogP contribution in [-0.4, -0.2) is 29.3 Å². The second-order valence-electron chi connectivity index (χ2n) is 6.30. The van der Waals surface area contributed by atoms with Gasteiger partial charge in [0.15, 0.2) is 0 Å². The zero-order valence-corrected chi connectivity index (χ0v) is 17.7. The summed E-state index contributed by atoms with van der Waals surface area (Å²) in [6.45, 7) is 6.74. The van der Waals surface area contributed by atoms with Gasteiger partial charge in [-0.2, -0.15) is 0 Å². The first kappa shape index (κ1) is 21.0. The summed E-state index contributed by atoms with van der Waals surface area (Å²) in [5.74, 6) is 0.594. The van der Waals surface area contributed by atoms with E-state index in [4.69, 9.17) is 16.3 Å². The van der Waals surface area contributed by atoms with E-state index in [1.807, 2.05) is 24.3 Å². The summed E-state index contributed by atoms with van der Waals surface area (Å²) in [5, 5.41) is 10.3. The van der Waals surface area contributed by atoms with Crippen molar-refractivity contribution >= 4 is 34.0 Å². The number of unbranched alkanes of at least 4 members (excludes halogenated alkanes) is 1. The third-order valence-electron chi connectivity index (χ3n) is 4.20. The summed E-state index contributed by atoms with van der Waals surface area (Å²) in [5.41, 5.74) is 1.38. The molecule has 0 N–H and O–H groups in total. The van der Waals surface area contributed by atoms with Crippen LogP contribution in [-0.2, 0) is 0 Å². The molecule has 0 bridgehead atoms. The van der Waals surface area contributed by atoms with Gasteiger partial charge < -0.3 is 4.74 Å². The van der Waals surface area contributed by atoms with Crippen LogP contribution in [0.25, 0.3) is 10.6 Å². The van der Waals surface area contributed by atoms with E-state index in [-0.39, 0.29) is 5.91 Å². The average molecular weight is 428 g/mol. The summed E-state index contributed by atoms with van der Waals surface area (Å²) in [7, 11) is 0. The minimum Gasteiger partial charge on any atom is -0.490 e. The molecule has 0 aliphatic carbocycles. The largest absolute Gasteiger partial charge is 0.490 e. The van der Waals surface area contributed by atoms with E-state index in [1.54, 1.807) is 35.2 Å². The molecule has 0 saturated carbocycles. The first-order valence-electron chi connectivity index (χ1n) is 9.38. The van der Waals surface area contributed by atoms with Gasteiger partial charge in [0.25, 0.3) is 5.91 Å². The van der Waals surface area contributed by atoms with Gasteiger partial charge in [-0.1, -0.05) is 61.1 Å². The van der Waals surface area contributed by atoms with Crippen LogP contribution in [0.3, 0.4) is 0 Å². The van der Waals surface area contributed by atoms with Crippen molar-refractivity contribution in [2.45, 2.75) is 19.8 Å². The van der Waals surface area contributed by atoms with Gasteiger partial charge in [-0.3, -0.25) is 9.69 Å². The number of rotatable bonds is 9. The maximum atomic E-state index is 13.1. The minimum atomic E-state index is -0.167. The number of amides is 1. The fourth-order valence-corrected chi connectivity index (χ4v) is 3.76. The highest BCUT2D eigenvalue weighted by molar-refractivity contribution is 7.18. The molecular weight excluding hydrogens is 406 g/mol. The van der Waals surface area contributed by atoms with Crippen molar-refractivity contribution < 1.29 is 9.53 Å². The number of ether oxygens (including phenoxy) is 1. The smallest absolute Gasteiger partial charge is 0.261 e. The SMILES string of the molecule is C=CCOc1ccc(-c2nnc(N(CCCC)C(=O)c3ccccc3Cl)s2)cc1. The van der Waals surface area contributed by atoms with Crippen LogP contribution in [0.2, 0.25) is 5.02 Å². The van der Waals surface area contributed by atoms with E-state index in [0.717, 1.165) is 29.2 Å². The zero-order valence-electron chi connectivity index (χ0n) is 16.2. The van der Waals surface area contributed by atoms with Gasteiger partial charge in [-0.25, -0.2) is 0 Å². The Hall–Kier alpha value is -2.70. The molecule has 1 heterocycles. The Balaban J connectivity index is 1.85. The summed E-state index contributed by atoms with van der Waals surface area (Å²) in [6, 6.07) is 14.7. The molecule has 1 aromatic heterocycles. The highest BCUT2D eigenvalue weighted by Crippen LogP contribution is 2.31. The highest BCUT2D eigenvalue weighted by atomic mass is 35.5. The number of nitrogens with zero attached hydrogens (tertiary/aromatic N) is 3. The van der Waals surface area contributed by atoms with Crippen molar-refractivity contribution in [2.75, 3.05) is 18.1 Å². The van der Waals surface area contributed by atoms with E-state index in [1.165, 1.54) is 11.3 Å². The third-order valence-corrected chi connectivity index (χ3v) is 5.52. The van der Waals surface area contributed by atoms with E-state index in [0.29, 0.717) is 28.9 Å². The van der Waals surface area contributed by atoms with Crippen molar-refractivity contribution in [3.63, 3.8) is 0 Å². The Kier molecular flexibility index (Phi) is 7.38. The number of halogens is 1. The molecule has 3 rings (SSSR count). The Morgan fingerprint density at radius 3 is 2.66 bits per heavy atom. The number of aromatic nitrogens is 2. The number of hydrogen-bond donors (Lipinski definition) is 0. The average Bonchev–Trinajstić information content (AvgIpc) is 3.23. The zero-order chi connectivity index (χ0) is 20.6. The van der Waals surface area contributed by atoms with Gasteiger partial charge in [-0.05, 0) is 42.8 Å². The van der Waals surface area contributed by atoms with Crippen LogP contribution in [0, 0.1) is 0 Å². The Morgan fingerprint density at radius 1 is 1.21 bits per heavy atom. The van der Waals surface area contributed by atoms with Crippen molar-refractivity contribution in [1.29, 1.82) is 0 Å². The number of carbonyl (C=O) groups excluding carboxylic acids is 1. The van der Waals surface area contributed by atoms with Gasteiger partial charge in [0, 0.05) is 12.1 Å². The molecule has 0 aliphatic heterocycles. The predicted octanol–water partition coefficient (Wildman–Crippen LogP) is 5.87. The summed E-state index contributed by atoms with van der Waals surface area (Å²) >= 11 is 7.62. The maximum Gasteiger partial charge on any atom is 0.261 e. The summed E-state index contributed by atoms with van der Waals surface area (Å²) < 4.78 is 5.51. The Labute approximate surface area is 179 Å². The van der Waals surface area contributed by atoms with Crippen molar-refractivity contribution in [3.8, 4) is 16.3 Å². The second kappa shape index (κ2) is 10.2. The molecule has 0 fully saturated rings. The van der Waals surface area contributed by atoms with E-state index in [2.05, 4.69) is 23.7 Å². The molecular formula is C22H22ClN3O2S. The fraction of sp³-hybridized carbons (Fsp3) is 0.227. The van der Waals surface area contributed by atoms with Gasteiger partial charge in [-0.15, -0.1) is 10.2 Å². The quantitative estimate of drug-likeness (QED) is 0.401. The van der Waals surface area contributed by atoms with Gasteiger partial charge >= 0.3 is 0 Å². The first-order chi connectivity index (χ1) is 14.1. The molecule has 5 nitrogen and oxygen atoms in total. The molecule has 3 aromatic rings. The molecule has 0 radical (unpaired) electrons. The molecule has 1 amide bonds. The first-order valence-corrected chi connectivity index (χ1v) is 10.6. The van der Waals surface area contributed by atoms with Gasteiger partial charge in [0.05, 0.1) is 10.6 Å². The molecule has 0 saturated heterocycles. The van der Waals surface area contributed by atoms with Crippen molar-refractivity contribution in [3.05, 3.63) is 71.8 Å². The van der Waals surface area contributed by atoms with Crippen LogP contribution in [0.1, 0.15) is 30.1 Å². The monoisotopic (exact) mass is 427 g/mol. The lowest BCUT2D eigenvalue weighted by atomic mass is 10.2. The molecule has 0 spiro atoms. The van der Waals surface area contributed by atoms with Crippen molar-refractivity contribution in [1.82, 2.24) is 10.2 Å². The van der Waals surface area contributed by atoms with E-state index >= 15 is 0 Å². The van der Waals surface area contributed by atoms with Gasteiger partial charge in [0.1, 0.15) is 17.4 Å². The lowest BCUT2D eigenvalue weighted by molar-refractivity contribution is 0.0986. The number of benzene rings is 2. The Bertz CT molecular complexity index is 972. The standard InChI is InChI=1S/C22H22ClN3O2S/c1-3-5-14-26(21(27)18-8-6-7-9-19(18)23)22-25-24-20(29-22)16-10-12-17(13-11-16)28-15-4-2/h4,6-13H,2-3,5,14-15H2,1H3. The molecule has 7 heteroatoms. The second-order valence-corrected chi connectivity index (χ2v) is 7.67. The van der Waals surface area contributed by atoms with Crippen molar-refractivity contribution in [2.24, 2.45) is 0 Å². The molecule has 2 aromatic carbocycles. The van der Waals surface area contributed by atoms with Crippen LogP contribution >= 0.6 is 22.9 Å². The Morgan fingerprint density at radius 2 is 1.97 bits per heavy atom. The highest BCUT2D eigenvalue weighted by Gasteiger charge is 2.23. The normalized spacial score (nSPS) is 10.6. The molecule has 0 unspecified atom stereocenters. The molecule has 0 atom stereocenters. The molecule has 29 heavy (non-hydrogen) atoms. The summed E-state index contributed by atoms with van der Waals surface area (Å²) in [4.78, 5) is 14.8. The number of anilines is 1. The van der Waals surface area contributed by atoms with Gasteiger partial charge in [0.2, 0.25) is 5.13 Å². The van der Waals surface area contributed by atoms with E-state index < -0.39 is 0 Å². The summed E-state index contributed by atoms with van der Waals surface area (Å²) in [6.07, 6.45) is 3.52. The predicted molar refractivity (Wildman–Crippen MR) is 119 cm³/mol. The minimum absolute atomic E-state index is 0.167. The third kappa shape index (κ3) is 5.22. The van der Waals surface area contributed by atoms with Crippen LogP contribution < -0.4 is 9.64 Å². The van der Waals surface area contributed by atoms with Crippen LogP contribution in [0.5, 0.6) is 5.75 Å². The molecule has 0 aliphatic rings. The maximum absolute atomic E-state index is 13.1. The van der Waals surface area contributed by atoms with E-state index in [9.17, 15) is 4.79 Å². The number of hydrogen-bond acceptors (Lipinski definition) is 5. The molecule has 150 valence electrons. The lowest BCUT2D eigenvalue weighted by Gasteiger charge is -2.19.